The van der Waals surface area contributed by atoms with Crippen LogP contribution in [0.25, 0.3) is 6.08 Å². The van der Waals surface area contributed by atoms with E-state index in [1.54, 1.807) is 0 Å². The van der Waals surface area contributed by atoms with Crippen LogP contribution in [-0.2, 0) is 4.79 Å². The summed E-state index contributed by atoms with van der Waals surface area (Å²) in [5, 5.41) is 12.4. The van der Waals surface area contributed by atoms with E-state index in [-0.39, 0.29) is 12.5 Å². The molecule has 108 valence electrons. The van der Waals surface area contributed by atoms with E-state index in [2.05, 4.69) is 24.4 Å². The molecule has 1 unspecified atom stereocenters. The van der Waals surface area contributed by atoms with Gasteiger partial charge in [0.1, 0.15) is 0 Å². The summed E-state index contributed by atoms with van der Waals surface area (Å²) in [6, 6.07) is 8.17. The Morgan fingerprint density at radius 3 is 2.60 bits per heavy atom. The Morgan fingerprint density at radius 1 is 1.40 bits per heavy atom. The molecule has 1 saturated carbocycles. The molecular weight excluding hydrogens is 250 g/mol. The Hall–Kier alpha value is -1.61. The van der Waals surface area contributed by atoms with Crippen molar-refractivity contribution in [3.05, 3.63) is 41.5 Å². The molecule has 0 saturated heterocycles. The third-order valence-corrected chi connectivity index (χ3v) is 3.92. The van der Waals surface area contributed by atoms with Crippen LogP contribution in [0, 0.1) is 12.8 Å². The summed E-state index contributed by atoms with van der Waals surface area (Å²) in [5.41, 5.74) is 1.87. The lowest BCUT2D eigenvalue weighted by Gasteiger charge is -2.28. The molecule has 2 rings (SSSR count). The SMILES string of the molecule is Cc1ccc(/C=C/CC(=O)NC(C)(CO)C2CC2)cc1. The maximum Gasteiger partial charge on any atom is 0.224 e. The molecule has 3 heteroatoms. The number of carbonyl (C=O) groups is 1. The van der Waals surface area contributed by atoms with Crippen LogP contribution in [0.3, 0.4) is 0 Å². The van der Waals surface area contributed by atoms with Gasteiger partial charge in [-0.1, -0.05) is 42.0 Å². The number of benzene rings is 1. The van der Waals surface area contributed by atoms with Crippen LogP contribution < -0.4 is 5.32 Å². The first kappa shape index (κ1) is 14.8. The van der Waals surface area contributed by atoms with Gasteiger partial charge in [0.2, 0.25) is 5.91 Å². The molecule has 1 aliphatic rings. The lowest BCUT2D eigenvalue weighted by atomic mass is 9.97. The van der Waals surface area contributed by atoms with Crippen LogP contribution >= 0.6 is 0 Å². The fourth-order valence-electron chi connectivity index (χ4n) is 2.34. The standard InChI is InChI=1S/C17H23NO2/c1-13-6-8-14(9-7-13)4-3-5-16(20)18-17(2,12-19)15-10-11-15/h3-4,6-9,15,19H,5,10-12H2,1-2H3,(H,18,20)/b4-3+. The van der Waals surface area contributed by atoms with Gasteiger partial charge < -0.3 is 10.4 Å². The van der Waals surface area contributed by atoms with Gasteiger partial charge in [0, 0.05) is 6.42 Å². The zero-order valence-electron chi connectivity index (χ0n) is 12.2. The number of hydrogen-bond acceptors (Lipinski definition) is 2. The molecule has 0 aliphatic heterocycles. The highest BCUT2D eigenvalue weighted by atomic mass is 16.3. The Morgan fingerprint density at radius 2 is 2.05 bits per heavy atom. The van der Waals surface area contributed by atoms with Crippen LogP contribution in [0.2, 0.25) is 0 Å². The third-order valence-electron chi connectivity index (χ3n) is 3.92. The predicted octanol–water partition coefficient (Wildman–Crippen LogP) is 2.68. The smallest absolute Gasteiger partial charge is 0.224 e. The second kappa shape index (κ2) is 6.23. The Bertz CT molecular complexity index is 488. The average Bonchev–Trinajstić information content (AvgIpc) is 3.25. The van der Waals surface area contributed by atoms with E-state index in [1.165, 1.54) is 5.56 Å². The summed E-state index contributed by atoms with van der Waals surface area (Å²) >= 11 is 0. The third kappa shape index (κ3) is 3.94. The average molecular weight is 273 g/mol. The minimum Gasteiger partial charge on any atom is -0.394 e. The van der Waals surface area contributed by atoms with Crippen LogP contribution in [-0.4, -0.2) is 23.2 Å². The molecule has 20 heavy (non-hydrogen) atoms. The Balaban J connectivity index is 1.84. The monoisotopic (exact) mass is 273 g/mol. The first-order valence-electron chi connectivity index (χ1n) is 7.18. The molecule has 1 amide bonds. The van der Waals surface area contributed by atoms with Crippen LogP contribution in [0.15, 0.2) is 30.3 Å². The van der Waals surface area contributed by atoms with E-state index in [0.29, 0.717) is 12.3 Å². The van der Waals surface area contributed by atoms with Crippen molar-refractivity contribution in [2.75, 3.05) is 6.61 Å². The van der Waals surface area contributed by atoms with Crippen LogP contribution in [0.5, 0.6) is 0 Å². The molecule has 0 heterocycles. The van der Waals surface area contributed by atoms with Crippen molar-refractivity contribution in [3.8, 4) is 0 Å². The Kier molecular flexibility index (Phi) is 4.61. The lowest BCUT2D eigenvalue weighted by molar-refractivity contribution is -0.122. The number of aliphatic hydroxyl groups is 1. The fraction of sp³-hybridized carbons (Fsp3) is 0.471. The van der Waals surface area contributed by atoms with Gasteiger partial charge >= 0.3 is 0 Å². The highest BCUT2D eigenvalue weighted by Crippen LogP contribution is 2.39. The van der Waals surface area contributed by atoms with Gasteiger partial charge in [-0.25, -0.2) is 0 Å². The van der Waals surface area contributed by atoms with Gasteiger partial charge in [-0.3, -0.25) is 4.79 Å². The summed E-state index contributed by atoms with van der Waals surface area (Å²) in [5.74, 6) is 0.398. The van der Waals surface area contributed by atoms with Gasteiger partial charge in [0.15, 0.2) is 0 Å². The molecule has 1 aromatic rings. The highest BCUT2D eigenvalue weighted by molar-refractivity contribution is 5.79. The van der Waals surface area contributed by atoms with Gasteiger partial charge in [0.05, 0.1) is 12.1 Å². The molecule has 0 aromatic heterocycles. The molecule has 1 fully saturated rings. The van der Waals surface area contributed by atoms with Crippen molar-refractivity contribution in [2.45, 2.75) is 38.6 Å². The number of hydrogen-bond donors (Lipinski definition) is 2. The zero-order chi connectivity index (χ0) is 14.6. The maximum absolute atomic E-state index is 11.9. The molecular formula is C17H23NO2. The number of rotatable bonds is 6. The van der Waals surface area contributed by atoms with Gasteiger partial charge in [-0.2, -0.15) is 0 Å². The largest absolute Gasteiger partial charge is 0.394 e. The van der Waals surface area contributed by atoms with E-state index in [0.717, 1.165) is 18.4 Å². The molecule has 1 aromatic carbocycles. The zero-order valence-corrected chi connectivity index (χ0v) is 12.2. The number of aliphatic hydroxyl groups excluding tert-OH is 1. The minimum atomic E-state index is -0.450. The van der Waals surface area contributed by atoms with Crippen molar-refractivity contribution < 1.29 is 9.90 Å². The van der Waals surface area contributed by atoms with Gasteiger partial charge in [-0.05, 0) is 38.2 Å². The highest BCUT2D eigenvalue weighted by Gasteiger charge is 2.41. The normalized spacial score (nSPS) is 17.9. The summed E-state index contributed by atoms with van der Waals surface area (Å²) in [7, 11) is 0. The van der Waals surface area contributed by atoms with Crippen molar-refractivity contribution in [3.63, 3.8) is 0 Å². The molecule has 0 spiro atoms. The molecule has 0 bridgehead atoms. The first-order valence-corrected chi connectivity index (χ1v) is 7.18. The second-order valence-corrected chi connectivity index (χ2v) is 5.92. The van der Waals surface area contributed by atoms with E-state index < -0.39 is 5.54 Å². The van der Waals surface area contributed by atoms with Crippen molar-refractivity contribution >= 4 is 12.0 Å². The number of amides is 1. The molecule has 1 aliphatic carbocycles. The molecule has 2 N–H and O–H groups in total. The number of nitrogens with one attached hydrogen (secondary N) is 1. The maximum atomic E-state index is 11.9. The predicted molar refractivity (Wildman–Crippen MR) is 81.2 cm³/mol. The molecule has 3 nitrogen and oxygen atoms in total. The quantitative estimate of drug-likeness (QED) is 0.837. The summed E-state index contributed by atoms with van der Waals surface area (Å²) < 4.78 is 0. The molecule has 0 radical (unpaired) electrons. The summed E-state index contributed by atoms with van der Waals surface area (Å²) in [6.45, 7) is 3.98. The minimum absolute atomic E-state index is 0.00504. The number of aryl methyl sites for hydroxylation is 1. The first-order chi connectivity index (χ1) is 9.53. The fourth-order valence-corrected chi connectivity index (χ4v) is 2.34. The molecule has 1 atom stereocenters. The Labute approximate surface area is 120 Å². The van der Waals surface area contributed by atoms with E-state index in [9.17, 15) is 9.90 Å². The van der Waals surface area contributed by atoms with Gasteiger partial charge in [0.25, 0.3) is 0 Å². The van der Waals surface area contributed by atoms with Crippen LogP contribution in [0.1, 0.15) is 37.3 Å². The lowest BCUT2D eigenvalue weighted by Crippen LogP contribution is -2.50. The summed E-state index contributed by atoms with van der Waals surface area (Å²) in [4.78, 5) is 11.9. The topological polar surface area (TPSA) is 49.3 Å². The van der Waals surface area contributed by atoms with Crippen molar-refractivity contribution in [2.24, 2.45) is 5.92 Å². The van der Waals surface area contributed by atoms with Gasteiger partial charge in [-0.15, -0.1) is 0 Å². The van der Waals surface area contributed by atoms with E-state index in [1.807, 2.05) is 31.2 Å². The summed E-state index contributed by atoms with van der Waals surface area (Å²) in [6.07, 6.45) is 6.35. The van der Waals surface area contributed by atoms with Crippen LogP contribution in [0.4, 0.5) is 0 Å². The van der Waals surface area contributed by atoms with E-state index in [4.69, 9.17) is 0 Å². The number of carbonyl (C=O) groups excluding carboxylic acids is 1. The van der Waals surface area contributed by atoms with Crippen molar-refractivity contribution in [1.29, 1.82) is 0 Å². The van der Waals surface area contributed by atoms with Crippen molar-refractivity contribution in [1.82, 2.24) is 5.32 Å². The second-order valence-electron chi connectivity index (χ2n) is 5.92. The van der Waals surface area contributed by atoms with E-state index >= 15 is 0 Å².